The summed E-state index contributed by atoms with van der Waals surface area (Å²) in [5.41, 5.74) is 2.77. The van der Waals surface area contributed by atoms with Gasteiger partial charge in [-0.15, -0.1) is 0 Å². The molecule has 0 radical (unpaired) electrons. The molecule has 3 aromatic carbocycles. The molecule has 7 rings (SSSR count). The van der Waals surface area contributed by atoms with Crippen molar-refractivity contribution in [1.82, 2.24) is 20.4 Å². The molecule has 12 nitrogen and oxygen atoms in total. The lowest BCUT2D eigenvalue weighted by molar-refractivity contribution is -0.164. The molecule has 2 N–H and O–H groups in total. The minimum absolute atomic E-state index is 0.0769. The molecule has 3 aliphatic heterocycles. The summed E-state index contributed by atoms with van der Waals surface area (Å²) in [5, 5.41) is 15.1. The molecule has 3 heterocycles. The number of carbonyl (C=O) groups is 5. The third-order valence-electron chi connectivity index (χ3n) is 12.2. The van der Waals surface area contributed by atoms with Gasteiger partial charge >= 0.3 is 0 Å². The zero-order chi connectivity index (χ0) is 40.3. The summed E-state index contributed by atoms with van der Waals surface area (Å²) in [6.45, 7) is 15.0. The Kier molecular flexibility index (Phi) is 10.2. The third-order valence-corrected chi connectivity index (χ3v) is 12.5. The minimum atomic E-state index is -0.995. The van der Waals surface area contributed by atoms with Crippen molar-refractivity contribution in [1.29, 1.82) is 5.26 Å². The number of piperazine rings is 1. The number of imide groups is 2. The van der Waals surface area contributed by atoms with Crippen molar-refractivity contribution in [3.8, 4) is 11.8 Å². The van der Waals surface area contributed by atoms with E-state index in [-0.39, 0.29) is 64.9 Å². The molecule has 0 unspecified atom stereocenters. The highest BCUT2D eigenvalue weighted by Crippen LogP contribution is 2.55. The first-order valence-electron chi connectivity index (χ1n) is 19.1. The molecule has 0 bridgehead atoms. The fourth-order valence-electron chi connectivity index (χ4n) is 9.56. The SMILES string of the molecule is C[C@H]1CN(c2ccc3c(c2)C(=O)N([C@H]2CCC(=O)NC2=O)C3=O)C[C@H](C)N1CCc1ccc(C(=O)NC2C(C)(C)C(Oc3ccc(C#N)c(Cl)c3)C2(C)C)cc1. The number of nitrogens with zero attached hydrogens (tertiary/aromatic N) is 4. The van der Waals surface area contributed by atoms with E-state index in [4.69, 9.17) is 16.3 Å². The summed E-state index contributed by atoms with van der Waals surface area (Å²) < 4.78 is 6.37. The number of ether oxygens (including phenoxy) is 1. The molecule has 3 atom stereocenters. The van der Waals surface area contributed by atoms with Crippen LogP contribution in [0.4, 0.5) is 5.69 Å². The lowest BCUT2D eigenvalue weighted by Gasteiger charge is -2.63. The fraction of sp³-hybridized carbons (Fsp3) is 0.442. The summed E-state index contributed by atoms with van der Waals surface area (Å²) >= 11 is 6.24. The molecule has 1 saturated carbocycles. The largest absolute Gasteiger partial charge is 0.489 e. The lowest BCUT2D eigenvalue weighted by Crippen LogP contribution is -2.74. The predicted octanol–water partition coefficient (Wildman–Crippen LogP) is 5.37. The number of nitriles is 1. The van der Waals surface area contributed by atoms with Gasteiger partial charge in [0.1, 0.15) is 24.0 Å². The number of fused-ring (bicyclic) bond motifs is 1. The van der Waals surface area contributed by atoms with Gasteiger partial charge in [-0.1, -0.05) is 51.4 Å². The average Bonchev–Trinajstić information content (AvgIpc) is 3.40. The van der Waals surface area contributed by atoms with Crippen LogP contribution in [0.3, 0.4) is 0 Å². The number of nitrogens with one attached hydrogen (secondary N) is 2. The van der Waals surface area contributed by atoms with Crippen LogP contribution in [0.1, 0.15) is 96.6 Å². The van der Waals surface area contributed by atoms with Crippen LogP contribution in [0.25, 0.3) is 0 Å². The number of benzene rings is 3. The molecule has 1 aliphatic carbocycles. The van der Waals surface area contributed by atoms with Gasteiger partial charge in [0, 0.05) is 72.3 Å². The van der Waals surface area contributed by atoms with Gasteiger partial charge < -0.3 is 15.0 Å². The van der Waals surface area contributed by atoms with Crippen molar-refractivity contribution in [2.24, 2.45) is 10.8 Å². The second-order valence-electron chi connectivity index (χ2n) is 16.8. The maximum absolute atomic E-state index is 13.5. The molecular formula is C43H47ClN6O6. The Labute approximate surface area is 332 Å². The highest BCUT2D eigenvalue weighted by molar-refractivity contribution is 6.31. The smallest absolute Gasteiger partial charge is 0.262 e. The van der Waals surface area contributed by atoms with Gasteiger partial charge in [-0.25, -0.2) is 0 Å². The Hall–Kier alpha value is -5.25. The van der Waals surface area contributed by atoms with E-state index in [0.717, 1.165) is 42.2 Å². The van der Waals surface area contributed by atoms with Crippen LogP contribution in [0.2, 0.25) is 5.02 Å². The number of hydrogen-bond acceptors (Lipinski definition) is 9. The summed E-state index contributed by atoms with van der Waals surface area (Å²) in [7, 11) is 0. The second kappa shape index (κ2) is 14.7. The quantitative estimate of drug-likeness (QED) is 0.274. The minimum Gasteiger partial charge on any atom is -0.489 e. The van der Waals surface area contributed by atoms with Crippen LogP contribution in [0.15, 0.2) is 60.7 Å². The normalized spacial score (nSPS) is 25.6. The number of halogens is 1. The van der Waals surface area contributed by atoms with Crippen molar-refractivity contribution in [2.75, 3.05) is 24.5 Å². The first-order chi connectivity index (χ1) is 26.5. The van der Waals surface area contributed by atoms with Crippen LogP contribution >= 0.6 is 11.6 Å². The number of amides is 5. The number of piperidine rings is 1. The molecule has 2 saturated heterocycles. The van der Waals surface area contributed by atoms with E-state index in [0.29, 0.717) is 21.9 Å². The molecule has 3 fully saturated rings. The van der Waals surface area contributed by atoms with Crippen LogP contribution < -0.4 is 20.3 Å². The Morgan fingerprint density at radius 1 is 0.929 bits per heavy atom. The van der Waals surface area contributed by atoms with E-state index >= 15 is 0 Å². The van der Waals surface area contributed by atoms with E-state index in [1.807, 2.05) is 30.3 Å². The summed E-state index contributed by atoms with van der Waals surface area (Å²) in [6, 6.07) is 19.4. The third kappa shape index (κ3) is 6.92. The molecular weight excluding hydrogens is 732 g/mol. The molecule has 5 amide bonds. The molecule has 0 aromatic heterocycles. The average molecular weight is 779 g/mol. The Morgan fingerprint density at radius 2 is 1.59 bits per heavy atom. The zero-order valence-electron chi connectivity index (χ0n) is 32.5. The van der Waals surface area contributed by atoms with E-state index in [1.54, 1.807) is 30.3 Å². The number of anilines is 1. The van der Waals surface area contributed by atoms with Gasteiger partial charge in [-0.3, -0.25) is 39.1 Å². The van der Waals surface area contributed by atoms with E-state index in [9.17, 15) is 29.2 Å². The Bertz CT molecular complexity index is 2130. The maximum atomic E-state index is 13.5. The van der Waals surface area contributed by atoms with Crippen molar-refractivity contribution in [3.05, 3.63) is 93.5 Å². The topological polar surface area (TPSA) is 152 Å². The monoisotopic (exact) mass is 778 g/mol. The van der Waals surface area contributed by atoms with Crippen LogP contribution in [0.5, 0.6) is 5.75 Å². The molecule has 13 heteroatoms. The van der Waals surface area contributed by atoms with Crippen molar-refractivity contribution in [3.63, 3.8) is 0 Å². The molecule has 0 spiro atoms. The summed E-state index contributed by atoms with van der Waals surface area (Å²) in [6.07, 6.45) is 0.810. The van der Waals surface area contributed by atoms with Gasteiger partial charge in [0.05, 0.1) is 21.7 Å². The van der Waals surface area contributed by atoms with Crippen molar-refractivity contribution in [2.45, 2.75) is 91.1 Å². The molecule has 4 aliphatic rings. The Balaban J connectivity index is 0.927. The summed E-state index contributed by atoms with van der Waals surface area (Å²) in [5.74, 6) is -1.59. The highest BCUT2D eigenvalue weighted by atomic mass is 35.5. The van der Waals surface area contributed by atoms with Gasteiger partial charge in [0.25, 0.3) is 17.7 Å². The van der Waals surface area contributed by atoms with Gasteiger partial charge in [-0.05, 0) is 74.7 Å². The molecule has 56 heavy (non-hydrogen) atoms. The highest BCUT2D eigenvalue weighted by Gasteiger charge is 2.64. The van der Waals surface area contributed by atoms with Gasteiger partial charge in [-0.2, -0.15) is 5.26 Å². The summed E-state index contributed by atoms with van der Waals surface area (Å²) in [4.78, 5) is 69.9. The Morgan fingerprint density at radius 3 is 2.21 bits per heavy atom. The number of rotatable bonds is 9. The van der Waals surface area contributed by atoms with Crippen LogP contribution in [0, 0.1) is 22.2 Å². The molecule has 292 valence electrons. The first kappa shape index (κ1) is 39.0. The number of carbonyl (C=O) groups excluding carboxylic acids is 5. The maximum Gasteiger partial charge on any atom is 0.262 e. The van der Waals surface area contributed by atoms with E-state index < -0.39 is 29.7 Å². The van der Waals surface area contributed by atoms with Crippen LogP contribution in [-0.4, -0.2) is 89.2 Å². The second-order valence-corrected chi connectivity index (χ2v) is 17.2. The van der Waals surface area contributed by atoms with E-state index in [1.165, 1.54) is 0 Å². The zero-order valence-corrected chi connectivity index (χ0v) is 33.3. The molecule has 3 aromatic rings. The fourth-order valence-corrected chi connectivity index (χ4v) is 9.77. The first-order valence-corrected chi connectivity index (χ1v) is 19.5. The van der Waals surface area contributed by atoms with Crippen molar-refractivity contribution < 1.29 is 28.7 Å². The van der Waals surface area contributed by atoms with Gasteiger partial charge in [0.15, 0.2) is 0 Å². The van der Waals surface area contributed by atoms with Crippen LogP contribution in [-0.2, 0) is 16.0 Å². The predicted molar refractivity (Wildman–Crippen MR) is 211 cm³/mol. The number of hydrogen-bond donors (Lipinski definition) is 2. The van der Waals surface area contributed by atoms with E-state index in [2.05, 4.69) is 68.0 Å². The van der Waals surface area contributed by atoms with Gasteiger partial charge in [0.2, 0.25) is 11.8 Å². The van der Waals surface area contributed by atoms with Crippen molar-refractivity contribution >= 4 is 46.8 Å². The lowest BCUT2D eigenvalue weighted by atomic mass is 9.49. The standard InChI is InChI=1S/C43H47ClN6O6/c1-24-22-48(29-12-14-31-32(19-29)39(55)50(38(31)54)34-15-16-35(51)46-37(34)53)23-25(2)49(24)18-17-26-7-9-27(10-8-26)36(52)47-40-42(3,4)41(43(40,5)6)56-30-13-11-28(21-45)33(44)20-30/h7-14,19-20,24-25,34,40-41H,15-18,22-23H2,1-6H3,(H,47,52)(H,46,51,53)/t24-,25-,34-,40?,41?/m0/s1.